The van der Waals surface area contributed by atoms with Crippen LogP contribution in [0.5, 0.6) is 0 Å². The third-order valence-electron chi connectivity index (χ3n) is 4.84. The van der Waals surface area contributed by atoms with Crippen molar-refractivity contribution in [3.63, 3.8) is 0 Å². The Morgan fingerprint density at radius 2 is 2.12 bits per heavy atom. The number of nitrogens with one attached hydrogen (secondary N) is 1. The van der Waals surface area contributed by atoms with E-state index < -0.39 is 0 Å². The first-order chi connectivity index (χ1) is 12.7. The number of amides is 1. The maximum absolute atomic E-state index is 12.5. The van der Waals surface area contributed by atoms with Crippen molar-refractivity contribution >= 4 is 32.7 Å². The average molecular weight is 366 g/mol. The molecule has 1 amide bonds. The van der Waals surface area contributed by atoms with Crippen molar-refractivity contribution < 1.29 is 4.79 Å². The van der Waals surface area contributed by atoms with Crippen LogP contribution in [0.1, 0.15) is 24.0 Å². The third-order valence-corrected chi connectivity index (χ3v) is 5.88. The molecule has 3 heterocycles. The minimum absolute atomic E-state index is 0.0866. The fraction of sp³-hybridized carbons (Fsp3) is 0.350. The average Bonchev–Trinajstić information content (AvgIpc) is 3.10. The Morgan fingerprint density at radius 1 is 1.27 bits per heavy atom. The second kappa shape index (κ2) is 7.41. The normalized spacial score (nSPS) is 15.3. The van der Waals surface area contributed by atoms with Crippen molar-refractivity contribution in [3.05, 3.63) is 53.7 Å². The van der Waals surface area contributed by atoms with Crippen molar-refractivity contribution in [2.24, 2.45) is 5.92 Å². The molecule has 3 aromatic rings. The van der Waals surface area contributed by atoms with Crippen LogP contribution in [-0.4, -0.2) is 29.0 Å². The number of carbonyl (C=O) groups is 1. The van der Waals surface area contributed by atoms with E-state index in [9.17, 15) is 4.79 Å². The van der Waals surface area contributed by atoms with Gasteiger partial charge in [-0.05, 0) is 37.5 Å². The van der Waals surface area contributed by atoms with Gasteiger partial charge in [-0.2, -0.15) is 0 Å². The highest BCUT2D eigenvalue weighted by atomic mass is 32.1. The summed E-state index contributed by atoms with van der Waals surface area (Å²) in [6.45, 7) is 4.40. The number of fused-ring (bicyclic) bond motifs is 1. The number of rotatable bonds is 4. The van der Waals surface area contributed by atoms with Gasteiger partial charge in [0.1, 0.15) is 10.3 Å². The van der Waals surface area contributed by atoms with Gasteiger partial charge in [-0.25, -0.2) is 9.97 Å². The molecule has 0 aliphatic carbocycles. The molecular formula is C20H22N4OS. The van der Waals surface area contributed by atoms with E-state index in [1.165, 1.54) is 5.56 Å². The monoisotopic (exact) mass is 366 g/mol. The minimum atomic E-state index is 0.0866. The van der Waals surface area contributed by atoms with Gasteiger partial charge >= 0.3 is 0 Å². The molecule has 134 valence electrons. The lowest BCUT2D eigenvalue weighted by molar-refractivity contribution is -0.125. The van der Waals surface area contributed by atoms with Crippen LogP contribution in [0, 0.1) is 12.8 Å². The molecule has 5 nitrogen and oxygen atoms in total. The molecule has 1 N–H and O–H groups in total. The van der Waals surface area contributed by atoms with E-state index in [4.69, 9.17) is 0 Å². The second-order valence-electron chi connectivity index (χ2n) is 6.79. The van der Waals surface area contributed by atoms with Gasteiger partial charge in [0.2, 0.25) is 5.91 Å². The summed E-state index contributed by atoms with van der Waals surface area (Å²) in [5, 5.41) is 4.10. The van der Waals surface area contributed by atoms with Crippen molar-refractivity contribution in [1.82, 2.24) is 15.3 Å². The fourth-order valence-corrected chi connectivity index (χ4v) is 4.34. The van der Waals surface area contributed by atoms with Crippen LogP contribution in [0.25, 0.3) is 10.3 Å². The van der Waals surface area contributed by atoms with E-state index in [2.05, 4.69) is 45.3 Å². The van der Waals surface area contributed by atoms with Gasteiger partial charge < -0.3 is 10.2 Å². The Kier molecular flexibility index (Phi) is 4.84. The lowest BCUT2D eigenvalue weighted by atomic mass is 9.96. The van der Waals surface area contributed by atoms with E-state index in [-0.39, 0.29) is 11.8 Å². The molecule has 4 rings (SSSR count). The first-order valence-electron chi connectivity index (χ1n) is 8.99. The summed E-state index contributed by atoms with van der Waals surface area (Å²) < 4.78 is 0. The maximum atomic E-state index is 12.5. The Bertz CT molecular complexity index is 882. The van der Waals surface area contributed by atoms with E-state index in [1.54, 1.807) is 17.5 Å². The molecule has 2 aromatic heterocycles. The number of piperidine rings is 1. The van der Waals surface area contributed by atoms with E-state index in [0.717, 1.165) is 47.0 Å². The molecule has 1 aromatic carbocycles. The first-order valence-corrected chi connectivity index (χ1v) is 9.80. The third kappa shape index (κ3) is 3.70. The summed E-state index contributed by atoms with van der Waals surface area (Å²) in [7, 11) is 0. The number of hydrogen-bond donors (Lipinski definition) is 1. The van der Waals surface area contributed by atoms with Crippen LogP contribution in [-0.2, 0) is 11.3 Å². The summed E-state index contributed by atoms with van der Waals surface area (Å²) in [6.07, 6.45) is 3.53. The van der Waals surface area contributed by atoms with Crippen molar-refractivity contribution in [1.29, 1.82) is 0 Å². The lowest BCUT2D eigenvalue weighted by Crippen LogP contribution is -2.40. The molecule has 1 aliphatic rings. The Balaban J connectivity index is 1.32. The van der Waals surface area contributed by atoms with Crippen LogP contribution >= 0.6 is 11.3 Å². The molecule has 6 heteroatoms. The fourth-order valence-electron chi connectivity index (χ4n) is 3.38. The minimum Gasteiger partial charge on any atom is -0.352 e. The molecule has 0 radical (unpaired) electrons. The highest BCUT2D eigenvalue weighted by Crippen LogP contribution is 2.30. The molecule has 0 atom stereocenters. The van der Waals surface area contributed by atoms with Crippen molar-refractivity contribution in [2.45, 2.75) is 26.3 Å². The van der Waals surface area contributed by atoms with Crippen LogP contribution in [0.2, 0.25) is 0 Å². The zero-order valence-corrected chi connectivity index (χ0v) is 15.6. The predicted octanol–water partition coefficient (Wildman–Crippen LogP) is 3.53. The van der Waals surface area contributed by atoms with Gasteiger partial charge in [0.15, 0.2) is 5.13 Å². The number of pyridine rings is 1. The number of nitrogens with zero attached hydrogens (tertiary/aromatic N) is 3. The molecule has 1 fully saturated rings. The van der Waals surface area contributed by atoms with Crippen LogP contribution in [0.4, 0.5) is 5.13 Å². The number of benzene rings is 1. The number of aromatic nitrogens is 2. The highest BCUT2D eigenvalue weighted by molar-refractivity contribution is 7.21. The molecule has 1 saturated heterocycles. The van der Waals surface area contributed by atoms with Gasteiger partial charge in [-0.1, -0.05) is 41.2 Å². The van der Waals surface area contributed by atoms with Gasteiger partial charge in [-0.3, -0.25) is 4.79 Å². The molecule has 0 unspecified atom stereocenters. The predicted molar refractivity (Wildman–Crippen MR) is 105 cm³/mol. The second-order valence-corrected chi connectivity index (χ2v) is 7.75. The van der Waals surface area contributed by atoms with Gasteiger partial charge in [0, 0.05) is 31.7 Å². The molecule has 1 aliphatic heterocycles. The van der Waals surface area contributed by atoms with Crippen LogP contribution in [0.15, 0.2) is 42.6 Å². The largest absolute Gasteiger partial charge is 0.352 e. The van der Waals surface area contributed by atoms with Crippen molar-refractivity contribution in [2.75, 3.05) is 18.0 Å². The Morgan fingerprint density at radius 3 is 2.88 bits per heavy atom. The standard InChI is InChI=1S/C20H22N4OS/c1-14-4-2-5-15(12-14)13-22-18(25)16-7-10-24(11-8-16)20-23-17-6-3-9-21-19(17)26-20/h2-6,9,12,16H,7-8,10-11,13H2,1H3,(H,22,25). The molecular weight excluding hydrogens is 344 g/mol. The number of hydrogen-bond acceptors (Lipinski definition) is 5. The van der Waals surface area contributed by atoms with E-state index in [0.29, 0.717) is 6.54 Å². The van der Waals surface area contributed by atoms with Gasteiger partial charge in [0.25, 0.3) is 0 Å². The first kappa shape index (κ1) is 17.0. The van der Waals surface area contributed by atoms with Crippen LogP contribution in [0.3, 0.4) is 0 Å². The lowest BCUT2D eigenvalue weighted by Gasteiger charge is -2.31. The van der Waals surface area contributed by atoms with Gasteiger partial charge in [-0.15, -0.1) is 0 Å². The molecule has 0 bridgehead atoms. The number of anilines is 1. The summed E-state index contributed by atoms with van der Waals surface area (Å²) in [5.74, 6) is 0.251. The van der Waals surface area contributed by atoms with E-state index in [1.807, 2.05) is 18.2 Å². The summed E-state index contributed by atoms with van der Waals surface area (Å²) in [5.41, 5.74) is 3.32. The summed E-state index contributed by atoms with van der Waals surface area (Å²) >= 11 is 1.63. The molecule has 26 heavy (non-hydrogen) atoms. The quantitative estimate of drug-likeness (QED) is 0.767. The zero-order chi connectivity index (χ0) is 17.9. The summed E-state index contributed by atoms with van der Waals surface area (Å²) in [4.78, 5) is 24.8. The van der Waals surface area contributed by atoms with Crippen LogP contribution < -0.4 is 10.2 Å². The summed E-state index contributed by atoms with van der Waals surface area (Å²) in [6, 6.07) is 12.2. The maximum Gasteiger partial charge on any atom is 0.223 e. The number of thiazole rings is 1. The SMILES string of the molecule is Cc1cccc(CNC(=O)C2CCN(c3nc4cccnc4s3)CC2)c1. The van der Waals surface area contributed by atoms with E-state index >= 15 is 0 Å². The molecule has 0 spiro atoms. The Hall–Kier alpha value is -2.47. The van der Waals surface area contributed by atoms with Crippen molar-refractivity contribution in [3.8, 4) is 0 Å². The number of aryl methyl sites for hydroxylation is 1. The molecule has 0 saturated carbocycles. The Labute approximate surface area is 157 Å². The smallest absolute Gasteiger partial charge is 0.223 e. The highest BCUT2D eigenvalue weighted by Gasteiger charge is 2.26. The topological polar surface area (TPSA) is 58.1 Å². The zero-order valence-electron chi connectivity index (χ0n) is 14.8. The van der Waals surface area contributed by atoms with Gasteiger partial charge in [0.05, 0.1) is 0 Å². The number of carbonyl (C=O) groups excluding carboxylic acids is 1.